The highest BCUT2D eigenvalue weighted by Crippen LogP contribution is 2.26. The molecule has 0 aromatic heterocycles. The number of aryl methyl sites for hydroxylation is 1. The molecule has 2 saturated heterocycles. The van der Waals surface area contributed by atoms with Crippen LogP contribution >= 0.6 is 0 Å². The Morgan fingerprint density at radius 3 is 2.19 bits per heavy atom. The van der Waals surface area contributed by atoms with Crippen molar-refractivity contribution in [1.29, 1.82) is 0 Å². The zero-order valence-electron chi connectivity index (χ0n) is 17.6. The second kappa shape index (κ2) is 8.80. The molecule has 2 aromatic rings. The molecule has 2 aliphatic heterocycles. The molecule has 0 unspecified atom stereocenters. The van der Waals surface area contributed by atoms with Gasteiger partial charge >= 0.3 is 0 Å². The Hall–Kier alpha value is -2.71. The van der Waals surface area contributed by atoms with Crippen LogP contribution in [0.15, 0.2) is 53.4 Å². The van der Waals surface area contributed by atoms with Gasteiger partial charge in [0.1, 0.15) is 0 Å². The van der Waals surface area contributed by atoms with Gasteiger partial charge in [0.25, 0.3) is 0 Å². The highest BCUT2D eigenvalue weighted by molar-refractivity contribution is 7.89. The summed E-state index contributed by atoms with van der Waals surface area (Å²) in [6, 6.07) is 14.1. The Kier molecular flexibility index (Phi) is 6.11. The number of hydrogen-bond donors (Lipinski definition) is 1. The standard InChI is InChI=1S/C23H27N3O4S/c1-17-4-10-21(11-5-17)31(29,30)25-15-12-18(13-16-25)23(28)24-19-6-8-20(9-7-19)26-14-2-3-22(26)27/h4-11,18H,2-3,12-16H2,1H3,(H,24,28). The van der Waals surface area contributed by atoms with Gasteiger partial charge in [-0.2, -0.15) is 4.31 Å². The van der Waals surface area contributed by atoms with Gasteiger partial charge in [0.05, 0.1) is 4.90 Å². The van der Waals surface area contributed by atoms with Crippen molar-refractivity contribution in [3.8, 4) is 0 Å². The fraction of sp³-hybridized carbons (Fsp3) is 0.391. The number of piperidine rings is 1. The van der Waals surface area contributed by atoms with E-state index in [1.165, 1.54) is 4.31 Å². The highest BCUT2D eigenvalue weighted by atomic mass is 32.2. The molecule has 0 atom stereocenters. The molecule has 2 fully saturated rings. The molecule has 31 heavy (non-hydrogen) atoms. The van der Waals surface area contributed by atoms with Crippen LogP contribution in [-0.2, 0) is 19.6 Å². The molecule has 0 saturated carbocycles. The molecule has 0 radical (unpaired) electrons. The largest absolute Gasteiger partial charge is 0.326 e. The Labute approximate surface area is 183 Å². The van der Waals surface area contributed by atoms with Crippen LogP contribution in [0, 0.1) is 12.8 Å². The number of benzene rings is 2. The molecule has 2 heterocycles. The average molecular weight is 442 g/mol. The lowest BCUT2D eigenvalue weighted by Crippen LogP contribution is -2.41. The molecule has 0 bridgehead atoms. The van der Waals surface area contributed by atoms with Crippen LogP contribution in [0.3, 0.4) is 0 Å². The van der Waals surface area contributed by atoms with Crippen LogP contribution in [0.2, 0.25) is 0 Å². The topological polar surface area (TPSA) is 86.8 Å². The maximum absolute atomic E-state index is 12.8. The monoisotopic (exact) mass is 441 g/mol. The van der Waals surface area contributed by atoms with Gasteiger partial charge in [0.15, 0.2) is 0 Å². The summed E-state index contributed by atoms with van der Waals surface area (Å²) in [5, 5.41) is 2.92. The normalized spacial score (nSPS) is 18.4. The zero-order valence-corrected chi connectivity index (χ0v) is 18.4. The minimum absolute atomic E-state index is 0.0996. The Morgan fingerprint density at radius 2 is 1.61 bits per heavy atom. The number of nitrogens with zero attached hydrogens (tertiary/aromatic N) is 2. The smallest absolute Gasteiger partial charge is 0.243 e. The van der Waals surface area contributed by atoms with Crippen molar-refractivity contribution in [2.24, 2.45) is 5.92 Å². The lowest BCUT2D eigenvalue weighted by molar-refractivity contribution is -0.121. The minimum Gasteiger partial charge on any atom is -0.326 e. The van der Waals surface area contributed by atoms with E-state index < -0.39 is 10.0 Å². The number of amides is 2. The predicted molar refractivity (Wildman–Crippen MR) is 119 cm³/mol. The van der Waals surface area contributed by atoms with Gasteiger partial charge < -0.3 is 10.2 Å². The lowest BCUT2D eigenvalue weighted by Gasteiger charge is -2.30. The molecule has 2 amide bonds. The summed E-state index contributed by atoms with van der Waals surface area (Å²) in [7, 11) is -3.53. The molecule has 2 aliphatic rings. The van der Waals surface area contributed by atoms with Crippen molar-refractivity contribution in [2.75, 3.05) is 29.9 Å². The summed E-state index contributed by atoms with van der Waals surface area (Å²) in [6.45, 7) is 3.29. The van der Waals surface area contributed by atoms with Gasteiger partial charge in [0, 0.05) is 43.3 Å². The molecule has 164 valence electrons. The first-order valence-electron chi connectivity index (χ1n) is 10.6. The molecule has 2 aromatic carbocycles. The molecule has 0 aliphatic carbocycles. The SMILES string of the molecule is Cc1ccc(S(=O)(=O)N2CCC(C(=O)Nc3ccc(N4CCCC4=O)cc3)CC2)cc1. The lowest BCUT2D eigenvalue weighted by atomic mass is 9.97. The highest BCUT2D eigenvalue weighted by Gasteiger charge is 2.32. The third-order valence-electron chi connectivity index (χ3n) is 6.00. The van der Waals surface area contributed by atoms with E-state index in [9.17, 15) is 18.0 Å². The number of hydrogen-bond acceptors (Lipinski definition) is 4. The fourth-order valence-corrected chi connectivity index (χ4v) is 5.58. The summed E-state index contributed by atoms with van der Waals surface area (Å²) in [4.78, 5) is 26.6. The van der Waals surface area contributed by atoms with E-state index in [2.05, 4.69) is 5.32 Å². The number of sulfonamides is 1. The first kappa shape index (κ1) is 21.5. The number of nitrogens with one attached hydrogen (secondary N) is 1. The van der Waals surface area contributed by atoms with Gasteiger partial charge in [0.2, 0.25) is 21.8 Å². The molecule has 7 nitrogen and oxygen atoms in total. The molecular weight excluding hydrogens is 414 g/mol. The number of rotatable bonds is 5. The number of anilines is 2. The first-order valence-corrected chi connectivity index (χ1v) is 12.1. The van der Waals surface area contributed by atoms with E-state index in [-0.39, 0.29) is 22.6 Å². The predicted octanol–water partition coefficient (Wildman–Crippen LogP) is 3.16. The molecular formula is C23H27N3O4S. The van der Waals surface area contributed by atoms with Crippen LogP contribution < -0.4 is 10.2 Å². The summed E-state index contributed by atoms with van der Waals surface area (Å²) >= 11 is 0. The molecule has 0 spiro atoms. The molecule has 8 heteroatoms. The molecule has 4 rings (SSSR count). The minimum atomic E-state index is -3.53. The van der Waals surface area contributed by atoms with Gasteiger partial charge in [-0.05, 0) is 62.6 Å². The summed E-state index contributed by atoms with van der Waals surface area (Å²) in [5.74, 6) is -0.203. The van der Waals surface area contributed by atoms with Crippen molar-refractivity contribution in [2.45, 2.75) is 37.5 Å². The van der Waals surface area contributed by atoms with Gasteiger partial charge in [-0.1, -0.05) is 17.7 Å². The van der Waals surface area contributed by atoms with Gasteiger partial charge in [-0.15, -0.1) is 0 Å². The van der Waals surface area contributed by atoms with Crippen LogP contribution in [-0.4, -0.2) is 44.2 Å². The van der Waals surface area contributed by atoms with Crippen molar-refractivity contribution in [3.63, 3.8) is 0 Å². The first-order chi connectivity index (χ1) is 14.8. The Bertz CT molecular complexity index is 1060. The summed E-state index contributed by atoms with van der Waals surface area (Å²) in [6.07, 6.45) is 2.42. The second-order valence-electron chi connectivity index (χ2n) is 8.18. The number of carbonyl (C=O) groups excluding carboxylic acids is 2. The third kappa shape index (κ3) is 4.65. The van der Waals surface area contributed by atoms with Crippen LogP contribution in [0.4, 0.5) is 11.4 Å². The van der Waals surface area contributed by atoms with Gasteiger partial charge in [-0.3, -0.25) is 9.59 Å². The maximum atomic E-state index is 12.8. The van der Waals surface area contributed by atoms with E-state index in [1.54, 1.807) is 41.3 Å². The third-order valence-corrected chi connectivity index (χ3v) is 7.92. The summed E-state index contributed by atoms with van der Waals surface area (Å²) < 4.78 is 27.1. The van der Waals surface area contributed by atoms with Crippen molar-refractivity contribution in [1.82, 2.24) is 4.31 Å². The van der Waals surface area contributed by atoms with E-state index in [0.717, 1.165) is 24.2 Å². The quantitative estimate of drug-likeness (QED) is 0.772. The second-order valence-corrected chi connectivity index (χ2v) is 10.1. The fourth-order valence-electron chi connectivity index (χ4n) is 4.11. The van der Waals surface area contributed by atoms with Crippen LogP contribution in [0.5, 0.6) is 0 Å². The van der Waals surface area contributed by atoms with Crippen molar-refractivity contribution >= 4 is 33.2 Å². The van der Waals surface area contributed by atoms with E-state index in [4.69, 9.17) is 0 Å². The number of carbonyl (C=O) groups is 2. The van der Waals surface area contributed by atoms with Crippen molar-refractivity contribution < 1.29 is 18.0 Å². The van der Waals surface area contributed by atoms with Crippen LogP contribution in [0.25, 0.3) is 0 Å². The maximum Gasteiger partial charge on any atom is 0.243 e. The summed E-state index contributed by atoms with van der Waals surface area (Å²) in [5.41, 5.74) is 2.53. The Balaban J connectivity index is 1.33. The zero-order chi connectivity index (χ0) is 22.0. The molecule has 1 N–H and O–H groups in total. The van der Waals surface area contributed by atoms with Crippen LogP contribution in [0.1, 0.15) is 31.2 Å². The van der Waals surface area contributed by atoms with E-state index >= 15 is 0 Å². The van der Waals surface area contributed by atoms with E-state index in [1.807, 2.05) is 19.1 Å². The van der Waals surface area contributed by atoms with Crippen molar-refractivity contribution in [3.05, 3.63) is 54.1 Å². The average Bonchev–Trinajstić information content (AvgIpc) is 3.20. The Morgan fingerprint density at radius 1 is 0.968 bits per heavy atom. The van der Waals surface area contributed by atoms with Gasteiger partial charge in [-0.25, -0.2) is 8.42 Å². The van der Waals surface area contributed by atoms with E-state index in [0.29, 0.717) is 38.0 Å².